The van der Waals surface area contributed by atoms with E-state index in [1.165, 1.54) is 12.1 Å². The molecule has 1 amide bonds. The van der Waals surface area contributed by atoms with Crippen LogP contribution in [0.4, 0.5) is 4.39 Å². The summed E-state index contributed by atoms with van der Waals surface area (Å²) in [7, 11) is 0. The summed E-state index contributed by atoms with van der Waals surface area (Å²) in [6.45, 7) is 2.46. The largest absolute Gasteiger partial charge is 0.352 e. The second kappa shape index (κ2) is 6.38. The zero-order valence-corrected chi connectivity index (χ0v) is 11.8. The number of rotatable bonds is 3. The van der Waals surface area contributed by atoms with Crippen LogP contribution in [0.15, 0.2) is 18.2 Å². The molecule has 0 atom stereocenters. The Morgan fingerprint density at radius 3 is 2.74 bits per heavy atom. The van der Waals surface area contributed by atoms with Gasteiger partial charge in [-0.15, -0.1) is 11.6 Å². The van der Waals surface area contributed by atoms with Gasteiger partial charge < -0.3 is 5.32 Å². The van der Waals surface area contributed by atoms with Crippen LogP contribution in [0.2, 0.25) is 0 Å². The second-order valence-corrected chi connectivity index (χ2v) is 5.90. The molecule has 0 bridgehead atoms. The van der Waals surface area contributed by atoms with E-state index in [9.17, 15) is 9.18 Å². The third-order valence-corrected chi connectivity index (χ3v) is 4.21. The van der Waals surface area contributed by atoms with Crippen molar-refractivity contribution in [2.75, 3.05) is 6.54 Å². The Morgan fingerprint density at radius 1 is 1.37 bits per heavy atom. The fourth-order valence-corrected chi connectivity index (χ4v) is 2.75. The first kappa shape index (κ1) is 14.3. The van der Waals surface area contributed by atoms with Crippen molar-refractivity contribution in [3.8, 4) is 0 Å². The number of alkyl halides is 1. The summed E-state index contributed by atoms with van der Waals surface area (Å²) in [6.07, 6.45) is 4.13. The van der Waals surface area contributed by atoms with Crippen LogP contribution in [0.25, 0.3) is 0 Å². The molecule has 2 rings (SSSR count). The maximum Gasteiger partial charge on any atom is 0.251 e. The monoisotopic (exact) mass is 283 g/mol. The Hall–Kier alpha value is -1.09. The molecular formula is C15H19ClFNO. The third-order valence-electron chi connectivity index (χ3n) is 3.77. The molecule has 1 saturated carbocycles. The van der Waals surface area contributed by atoms with Gasteiger partial charge in [0.1, 0.15) is 5.82 Å². The van der Waals surface area contributed by atoms with Gasteiger partial charge >= 0.3 is 0 Å². The molecule has 19 heavy (non-hydrogen) atoms. The van der Waals surface area contributed by atoms with E-state index >= 15 is 0 Å². The lowest BCUT2D eigenvalue weighted by Crippen LogP contribution is -2.31. The molecule has 0 aromatic heterocycles. The number of hydrogen-bond acceptors (Lipinski definition) is 1. The molecule has 0 aliphatic heterocycles. The Labute approximate surface area is 118 Å². The van der Waals surface area contributed by atoms with Crippen LogP contribution in [0.1, 0.15) is 41.6 Å². The number of nitrogens with one attached hydrogen (secondary N) is 1. The van der Waals surface area contributed by atoms with Gasteiger partial charge in [0, 0.05) is 17.5 Å². The van der Waals surface area contributed by atoms with E-state index in [0.717, 1.165) is 31.2 Å². The summed E-state index contributed by atoms with van der Waals surface area (Å²) >= 11 is 6.05. The van der Waals surface area contributed by atoms with Crippen molar-refractivity contribution < 1.29 is 9.18 Å². The predicted octanol–water partition coefficient (Wildman–Crippen LogP) is 3.66. The standard InChI is InChI=1S/C15H19ClFNO/c1-10-2-7-13(17)8-14(10)15(19)18-9-11-3-5-12(16)6-4-11/h2,7-8,11-12H,3-6,9H2,1H3,(H,18,19). The molecule has 104 valence electrons. The number of carbonyl (C=O) groups excluding carboxylic acids is 1. The summed E-state index contributed by atoms with van der Waals surface area (Å²) in [5.41, 5.74) is 1.22. The molecule has 0 heterocycles. The van der Waals surface area contributed by atoms with Crippen molar-refractivity contribution in [2.45, 2.75) is 38.0 Å². The maximum absolute atomic E-state index is 13.2. The summed E-state index contributed by atoms with van der Waals surface area (Å²) in [5.74, 6) is -0.0730. The smallest absolute Gasteiger partial charge is 0.251 e. The van der Waals surface area contributed by atoms with Gasteiger partial charge in [-0.2, -0.15) is 0 Å². The highest BCUT2D eigenvalue weighted by Crippen LogP contribution is 2.27. The van der Waals surface area contributed by atoms with Gasteiger partial charge in [0.2, 0.25) is 0 Å². The van der Waals surface area contributed by atoms with E-state index in [-0.39, 0.29) is 17.1 Å². The van der Waals surface area contributed by atoms with Crippen LogP contribution in [0, 0.1) is 18.7 Å². The summed E-state index contributed by atoms with van der Waals surface area (Å²) in [4.78, 5) is 12.0. The van der Waals surface area contributed by atoms with Crippen LogP contribution in [-0.4, -0.2) is 17.8 Å². The molecule has 1 aliphatic carbocycles. The highest BCUT2D eigenvalue weighted by molar-refractivity contribution is 6.20. The van der Waals surface area contributed by atoms with Gasteiger partial charge in [-0.1, -0.05) is 6.07 Å². The van der Waals surface area contributed by atoms with Crippen molar-refractivity contribution in [3.63, 3.8) is 0 Å². The van der Waals surface area contributed by atoms with Crippen molar-refractivity contribution in [2.24, 2.45) is 5.92 Å². The van der Waals surface area contributed by atoms with Crippen molar-refractivity contribution in [3.05, 3.63) is 35.1 Å². The summed E-state index contributed by atoms with van der Waals surface area (Å²) in [6, 6.07) is 4.29. The highest BCUT2D eigenvalue weighted by Gasteiger charge is 2.20. The number of amides is 1. The quantitative estimate of drug-likeness (QED) is 0.843. The Kier molecular flexibility index (Phi) is 4.81. The van der Waals surface area contributed by atoms with Crippen LogP contribution in [0.3, 0.4) is 0 Å². The molecule has 1 aliphatic rings. The number of halogens is 2. The Balaban J connectivity index is 1.89. The normalized spacial score (nSPS) is 23.1. The first-order valence-electron chi connectivity index (χ1n) is 6.74. The summed E-state index contributed by atoms with van der Waals surface area (Å²) in [5, 5.41) is 3.19. The summed E-state index contributed by atoms with van der Waals surface area (Å²) < 4.78 is 13.2. The van der Waals surface area contributed by atoms with Gasteiger partial charge in [0.05, 0.1) is 0 Å². The lowest BCUT2D eigenvalue weighted by Gasteiger charge is -2.25. The Bertz CT molecular complexity index is 455. The predicted molar refractivity (Wildman–Crippen MR) is 75.1 cm³/mol. The topological polar surface area (TPSA) is 29.1 Å². The zero-order chi connectivity index (χ0) is 13.8. The van der Waals surface area contributed by atoms with Gasteiger partial charge in [0.25, 0.3) is 5.91 Å². The van der Waals surface area contributed by atoms with E-state index in [2.05, 4.69) is 5.32 Å². The van der Waals surface area contributed by atoms with Gasteiger partial charge in [-0.3, -0.25) is 4.79 Å². The van der Waals surface area contributed by atoms with Crippen molar-refractivity contribution in [1.29, 1.82) is 0 Å². The lowest BCUT2D eigenvalue weighted by molar-refractivity contribution is 0.0942. The number of benzene rings is 1. The highest BCUT2D eigenvalue weighted by atomic mass is 35.5. The second-order valence-electron chi connectivity index (χ2n) is 5.29. The van der Waals surface area contributed by atoms with E-state index in [0.29, 0.717) is 18.0 Å². The minimum Gasteiger partial charge on any atom is -0.352 e. The molecular weight excluding hydrogens is 265 g/mol. The number of aryl methyl sites for hydroxylation is 1. The first-order valence-corrected chi connectivity index (χ1v) is 7.18. The van der Waals surface area contributed by atoms with Gasteiger partial charge in [-0.05, 0) is 56.2 Å². The molecule has 1 aromatic carbocycles. The average molecular weight is 284 g/mol. The van der Waals surface area contributed by atoms with Crippen molar-refractivity contribution >= 4 is 17.5 Å². The average Bonchev–Trinajstić information content (AvgIpc) is 2.40. The number of hydrogen-bond donors (Lipinski definition) is 1. The minimum absolute atomic E-state index is 0.190. The minimum atomic E-state index is -0.376. The van der Waals surface area contributed by atoms with E-state index in [4.69, 9.17) is 11.6 Å². The van der Waals surface area contributed by atoms with E-state index < -0.39 is 0 Å². The molecule has 0 unspecified atom stereocenters. The molecule has 0 radical (unpaired) electrons. The maximum atomic E-state index is 13.2. The van der Waals surface area contributed by atoms with Crippen LogP contribution >= 0.6 is 11.6 Å². The molecule has 0 spiro atoms. The molecule has 1 N–H and O–H groups in total. The third kappa shape index (κ3) is 3.93. The fourth-order valence-electron chi connectivity index (χ4n) is 2.50. The molecule has 0 saturated heterocycles. The molecule has 1 fully saturated rings. The molecule has 4 heteroatoms. The zero-order valence-electron chi connectivity index (χ0n) is 11.1. The van der Waals surface area contributed by atoms with Crippen molar-refractivity contribution in [1.82, 2.24) is 5.32 Å². The van der Waals surface area contributed by atoms with E-state index in [1.807, 2.05) is 6.92 Å². The lowest BCUT2D eigenvalue weighted by atomic mass is 9.89. The SMILES string of the molecule is Cc1ccc(F)cc1C(=O)NCC1CCC(Cl)CC1. The Morgan fingerprint density at radius 2 is 2.05 bits per heavy atom. The van der Waals surface area contributed by atoms with Crippen LogP contribution in [-0.2, 0) is 0 Å². The van der Waals surface area contributed by atoms with Gasteiger partial charge in [-0.25, -0.2) is 4.39 Å². The molecule has 1 aromatic rings. The van der Waals surface area contributed by atoms with E-state index in [1.54, 1.807) is 6.07 Å². The van der Waals surface area contributed by atoms with Gasteiger partial charge in [0.15, 0.2) is 0 Å². The first-order chi connectivity index (χ1) is 9.06. The van der Waals surface area contributed by atoms with Crippen LogP contribution < -0.4 is 5.32 Å². The fraction of sp³-hybridized carbons (Fsp3) is 0.533. The molecule has 2 nitrogen and oxygen atoms in total. The van der Waals surface area contributed by atoms with Crippen LogP contribution in [0.5, 0.6) is 0 Å². The number of carbonyl (C=O) groups is 1.